The van der Waals surface area contributed by atoms with Crippen LogP contribution < -0.4 is 10.6 Å². The summed E-state index contributed by atoms with van der Waals surface area (Å²) in [5.41, 5.74) is 2.59. The molecule has 1 aliphatic heterocycles. The minimum absolute atomic E-state index is 0.0592. The van der Waals surface area contributed by atoms with Crippen LogP contribution in [-0.2, 0) is 22.5 Å². The van der Waals surface area contributed by atoms with Crippen molar-refractivity contribution < 1.29 is 4.79 Å². The average Bonchev–Trinajstić information content (AvgIpc) is 2.91. The van der Waals surface area contributed by atoms with Crippen LogP contribution in [0.2, 0.25) is 0 Å². The Morgan fingerprint density at radius 1 is 1.30 bits per heavy atom. The molecule has 1 amide bonds. The van der Waals surface area contributed by atoms with Crippen LogP contribution in [0, 0.1) is 11.3 Å². The summed E-state index contributed by atoms with van der Waals surface area (Å²) in [5.74, 6) is 1.11. The highest BCUT2D eigenvalue weighted by atomic mass is 32.2. The number of hydrogen-bond donors (Lipinski definition) is 2. The van der Waals surface area contributed by atoms with Gasteiger partial charge in [0.1, 0.15) is 11.1 Å². The number of benzene rings is 1. The Morgan fingerprint density at radius 2 is 2.00 bits per heavy atom. The smallest absolute Gasteiger partial charge is 0.235 e. The van der Waals surface area contributed by atoms with Gasteiger partial charge in [-0.15, -0.1) is 23.1 Å². The van der Waals surface area contributed by atoms with Crippen LogP contribution in [0.4, 0.5) is 5.00 Å². The van der Waals surface area contributed by atoms with E-state index in [1.807, 2.05) is 18.2 Å². The van der Waals surface area contributed by atoms with Crippen molar-refractivity contribution in [3.63, 3.8) is 0 Å². The maximum atomic E-state index is 12.4. The monoisotopic (exact) mass is 399 g/mol. The third-order valence-electron chi connectivity index (χ3n) is 4.55. The van der Waals surface area contributed by atoms with Crippen LogP contribution in [0.3, 0.4) is 0 Å². The van der Waals surface area contributed by atoms with Crippen LogP contribution in [0.5, 0.6) is 0 Å². The minimum atomic E-state index is -0.224. The number of thiophene rings is 1. The number of nitriles is 1. The number of hydrogen-bond acceptors (Lipinski definition) is 5. The van der Waals surface area contributed by atoms with E-state index in [0.717, 1.165) is 22.6 Å². The van der Waals surface area contributed by atoms with E-state index in [4.69, 9.17) is 0 Å². The van der Waals surface area contributed by atoms with Crippen molar-refractivity contribution >= 4 is 34.0 Å². The number of anilines is 1. The lowest BCUT2D eigenvalue weighted by molar-refractivity contribution is -0.113. The molecular weight excluding hydrogens is 374 g/mol. The lowest BCUT2D eigenvalue weighted by Gasteiger charge is -2.42. The first-order chi connectivity index (χ1) is 12.7. The van der Waals surface area contributed by atoms with Gasteiger partial charge in [-0.1, -0.05) is 30.3 Å². The highest BCUT2D eigenvalue weighted by molar-refractivity contribution is 7.99. The summed E-state index contributed by atoms with van der Waals surface area (Å²) in [5, 5.41) is 17.0. The standard InChI is InChI=1S/C21H25N3OS2/c1-20(2)10-15-16(11-22)19(27-18(15)21(3,4)24-20)23-17(25)13-26-12-14-8-6-5-7-9-14/h5-9,24H,10,12-13H2,1-4H3,(H,23,25). The number of carbonyl (C=O) groups excluding carboxylic acids is 1. The van der Waals surface area contributed by atoms with Crippen LogP contribution in [-0.4, -0.2) is 17.2 Å². The Balaban J connectivity index is 1.71. The maximum Gasteiger partial charge on any atom is 0.235 e. The van der Waals surface area contributed by atoms with Gasteiger partial charge >= 0.3 is 0 Å². The first-order valence-electron chi connectivity index (χ1n) is 8.99. The van der Waals surface area contributed by atoms with Gasteiger partial charge in [-0.3, -0.25) is 4.79 Å². The van der Waals surface area contributed by atoms with Gasteiger partial charge in [0.05, 0.1) is 11.3 Å². The number of rotatable bonds is 5. The molecule has 0 unspecified atom stereocenters. The number of nitrogens with zero attached hydrogens (tertiary/aromatic N) is 1. The van der Waals surface area contributed by atoms with E-state index in [0.29, 0.717) is 16.3 Å². The van der Waals surface area contributed by atoms with E-state index < -0.39 is 0 Å². The Labute approximate surface area is 169 Å². The predicted molar refractivity (Wildman–Crippen MR) is 114 cm³/mol. The maximum absolute atomic E-state index is 12.4. The van der Waals surface area contributed by atoms with E-state index in [-0.39, 0.29) is 17.0 Å². The largest absolute Gasteiger partial charge is 0.316 e. The van der Waals surface area contributed by atoms with Crippen molar-refractivity contribution in [2.75, 3.05) is 11.1 Å². The van der Waals surface area contributed by atoms with E-state index in [1.54, 1.807) is 11.8 Å². The number of nitrogens with one attached hydrogen (secondary N) is 2. The molecule has 0 atom stereocenters. The first kappa shape index (κ1) is 19.9. The summed E-state index contributed by atoms with van der Waals surface area (Å²) in [6, 6.07) is 12.4. The van der Waals surface area contributed by atoms with E-state index in [1.165, 1.54) is 16.9 Å². The average molecular weight is 400 g/mol. The summed E-state index contributed by atoms with van der Waals surface area (Å²) in [7, 11) is 0. The predicted octanol–water partition coefficient (Wildman–Crippen LogP) is 4.65. The number of amides is 1. The van der Waals surface area contributed by atoms with Gasteiger partial charge < -0.3 is 10.6 Å². The molecule has 27 heavy (non-hydrogen) atoms. The van der Waals surface area contributed by atoms with Gasteiger partial charge in [0.2, 0.25) is 5.91 Å². The molecule has 0 spiro atoms. The minimum Gasteiger partial charge on any atom is -0.316 e. The molecule has 2 heterocycles. The van der Waals surface area contributed by atoms with Crippen LogP contribution in [0.25, 0.3) is 0 Å². The Kier molecular flexibility index (Phi) is 5.66. The molecule has 0 bridgehead atoms. The summed E-state index contributed by atoms with van der Waals surface area (Å²) in [6.07, 6.45) is 0.782. The molecule has 3 rings (SSSR count). The van der Waals surface area contributed by atoms with Crippen LogP contribution in [0.15, 0.2) is 30.3 Å². The molecule has 0 aliphatic carbocycles. The molecule has 1 aliphatic rings. The first-order valence-corrected chi connectivity index (χ1v) is 11.0. The topological polar surface area (TPSA) is 64.9 Å². The lowest BCUT2D eigenvalue weighted by Crippen LogP contribution is -2.54. The fourth-order valence-corrected chi connectivity index (χ4v) is 5.76. The van der Waals surface area contributed by atoms with Crippen molar-refractivity contribution in [3.8, 4) is 6.07 Å². The SMILES string of the molecule is CC1(C)Cc2c(sc(NC(=O)CSCc3ccccc3)c2C#N)C(C)(C)N1. The Bertz CT molecular complexity index is 879. The summed E-state index contributed by atoms with van der Waals surface area (Å²) in [4.78, 5) is 13.6. The molecule has 1 aromatic carbocycles. The van der Waals surface area contributed by atoms with Gasteiger partial charge in [0.15, 0.2) is 0 Å². The highest BCUT2D eigenvalue weighted by Gasteiger charge is 2.40. The third-order valence-corrected chi connectivity index (χ3v) is 7.03. The molecule has 6 heteroatoms. The van der Waals surface area contributed by atoms with Gasteiger partial charge in [-0.2, -0.15) is 5.26 Å². The molecule has 142 valence electrons. The second-order valence-corrected chi connectivity index (χ2v) is 10.1. The van der Waals surface area contributed by atoms with Gasteiger partial charge in [0, 0.05) is 21.7 Å². The summed E-state index contributed by atoms with van der Waals surface area (Å²) >= 11 is 3.11. The molecule has 0 fully saturated rings. The molecule has 0 radical (unpaired) electrons. The van der Waals surface area contributed by atoms with E-state index >= 15 is 0 Å². The van der Waals surface area contributed by atoms with Crippen molar-refractivity contribution in [2.24, 2.45) is 0 Å². The third kappa shape index (κ3) is 4.55. The molecule has 1 aromatic heterocycles. The zero-order valence-corrected chi connectivity index (χ0v) is 17.8. The Morgan fingerprint density at radius 3 is 2.67 bits per heavy atom. The molecule has 2 aromatic rings. The normalized spacial score (nSPS) is 17.0. The van der Waals surface area contributed by atoms with Crippen molar-refractivity contribution in [1.82, 2.24) is 5.32 Å². The van der Waals surface area contributed by atoms with Gasteiger partial charge in [-0.25, -0.2) is 0 Å². The van der Waals surface area contributed by atoms with Gasteiger partial charge in [-0.05, 0) is 45.2 Å². The number of fused-ring (bicyclic) bond motifs is 1. The van der Waals surface area contributed by atoms with E-state index in [2.05, 4.69) is 56.5 Å². The summed E-state index contributed by atoms with van der Waals surface area (Å²) in [6.45, 7) is 8.56. The number of thioether (sulfide) groups is 1. The van der Waals surface area contributed by atoms with Crippen molar-refractivity contribution in [2.45, 2.75) is 50.9 Å². The van der Waals surface area contributed by atoms with Crippen LogP contribution >= 0.6 is 23.1 Å². The fourth-order valence-electron chi connectivity index (χ4n) is 3.73. The van der Waals surface area contributed by atoms with E-state index in [9.17, 15) is 10.1 Å². The van der Waals surface area contributed by atoms with Gasteiger partial charge in [0.25, 0.3) is 0 Å². The molecule has 0 saturated carbocycles. The number of carbonyl (C=O) groups is 1. The molecule has 2 N–H and O–H groups in total. The van der Waals surface area contributed by atoms with Crippen LogP contribution in [0.1, 0.15) is 49.3 Å². The molecular formula is C21H25N3OS2. The molecule has 0 saturated heterocycles. The van der Waals surface area contributed by atoms with Crippen molar-refractivity contribution in [3.05, 3.63) is 51.9 Å². The second-order valence-electron chi connectivity index (χ2n) is 8.06. The quantitative estimate of drug-likeness (QED) is 0.768. The lowest BCUT2D eigenvalue weighted by atomic mass is 9.81. The second kappa shape index (κ2) is 7.67. The Hall–Kier alpha value is -1.81. The summed E-state index contributed by atoms with van der Waals surface area (Å²) < 4.78 is 0. The molecule has 4 nitrogen and oxygen atoms in total. The zero-order chi connectivity index (χ0) is 19.7. The van der Waals surface area contributed by atoms with Crippen molar-refractivity contribution in [1.29, 1.82) is 5.26 Å². The zero-order valence-electron chi connectivity index (χ0n) is 16.2. The fraction of sp³-hybridized carbons (Fsp3) is 0.429. The highest BCUT2D eigenvalue weighted by Crippen LogP contribution is 2.44.